The maximum atomic E-state index is 11.9. The molecule has 0 spiro atoms. The summed E-state index contributed by atoms with van der Waals surface area (Å²) in [5.74, 6) is 0.427. The Bertz CT molecular complexity index is 402. The molecule has 0 aliphatic heterocycles. The van der Waals surface area contributed by atoms with Gasteiger partial charge in [-0.15, -0.1) is 0 Å². The van der Waals surface area contributed by atoms with E-state index in [9.17, 15) is 4.79 Å². The Morgan fingerprint density at radius 2 is 2.16 bits per heavy atom. The summed E-state index contributed by atoms with van der Waals surface area (Å²) in [4.78, 5) is 11.9. The maximum Gasteiger partial charge on any atom is 0.251 e. The minimum atomic E-state index is -0.114. The lowest BCUT2D eigenvalue weighted by Crippen LogP contribution is -2.25. The molecule has 0 heterocycles. The van der Waals surface area contributed by atoms with Crippen molar-refractivity contribution < 1.29 is 9.53 Å². The Balaban J connectivity index is 2.27. The van der Waals surface area contributed by atoms with Gasteiger partial charge in [0.2, 0.25) is 0 Å². The topological polar surface area (TPSA) is 64.3 Å². The van der Waals surface area contributed by atoms with E-state index in [0.29, 0.717) is 30.3 Å². The average molecular weight is 329 g/mol. The van der Waals surface area contributed by atoms with Crippen molar-refractivity contribution in [2.75, 3.05) is 25.5 Å². The normalized spacial score (nSPS) is 10.7. The Kier molecular flexibility index (Phi) is 6.87. The number of halogens is 1. The van der Waals surface area contributed by atoms with Crippen molar-refractivity contribution in [1.29, 1.82) is 0 Å². The number of anilines is 1. The van der Waals surface area contributed by atoms with Gasteiger partial charge in [0.1, 0.15) is 0 Å². The van der Waals surface area contributed by atoms with Gasteiger partial charge >= 0.3 is 0 Å². The molecule has 0 bridgehead atoms. The first-order valence-corrected chi connectivity index (χ1v) is 7.20. The second kappa shape index (κ2) is 8.17. The SMILES string of the molecule is CC(C)COCCCNC(=O)c1cc(N)cc(Br)c1. The molecule has 1 aromatic carbocycles. The van der Waals surface area contributed by atoms with E-state index in [0.717, 1.165) is 17.5 Å². The Morgan fingerprint density at radius 1 is 1.42 bits per heavy atom. The predicted octanol–water partition coefficient (Wildman–Crippen LogP) is 2.82. The number of hydrogen-bond donors (Lipinski definition) is 2. The highest BCUT2D eigenvalue weighted by Crippen LogP contribution is 2.17. The maximum absolute atomic E-state index is 11.9. The van der Waals surface area contributed by atoms with E-state index >= 15 is 0 Å². The van der Waals surface area contributed by atoms with Crippen molar-refractivity contribution in [2.45, 2.75) is 20.3 Å². The van der Waals surface area contributed by atoms with Gasteiger partial charge in [-0.25, -0.2) is 0 Å². The van der Waals surface area contributed by atoms with Gasteiger partial charge in [-0.3, -0.25) is 4.79 Å². The van der Waals surface area contributed by atoms with E-state index in [1.165, 1.54) is 0 Å². The molecule has 4 nitrogen and oxygen atoms in total. The van der Waals surface area contributed by atoms with E-state index in [1.54, 1.807) is 18.2 Å². The summed E-state index contributed by atoms with van der Waals surface area (Å²) in [7, 11) is 0. The molecular weight excluding hydrogens is 308 g/mol. The molecule has 0 aliphatic carbocycles. The predicted molar refractivity (Wildman–Crippen MR) is 81.2 cm³/mol. The van der Waals surface area contributed by atoms with Gasteiger partial charge in [-0.2, -0.15) is 0 Å². The zero-order valence-corrected chi connectivity index (χ0v) is 13.0. The average Bonchev–Trinajstić information content (AvgIpc) is 2.31. The lowest BCUT2D eigenvalue weighted by atomic mass is 10.2. The summed E-state index contributed by atoms with van der Waals surface area (Å²) < 4.78 is 6.25. The molecule has 0 aliphatic rings. The van der Waals surface area contributed by atoms with E-state index in [-0.39, 0.29) is 5.91 Å². The molecule has 1 aromatic rings. The largest absolute Gasteiger partial charge is 0.399 e. The number of benzene rings is 1. The molecule has 19 heavy (non-hydrogen) atoms. The summed E-state index contributed by atoms with van der Waals surface area (Å²) in [6, 6.07) is 5.17. The first-order valence-electron chi connectivity index (χ1n) is 6.41. The number of ether oxygens (including phenoxy) is 1. The number of carbonyl (C=O) groups excluding carboxylic acids is 1. The highest BCUT2D eigenvalue weighted by Gasteiger charge is 2.06. The molecule has 0 aromatic heterocycles. The van der Waals surface area contributed by atoms with Crippen LogP contribution in [0.15, 0.2) is 22.7 Å². The molecule has 3 N–H and O–H groups in total. The van der Waals surface area contributed by atoms with Crippen LogP contribution in [0.5, 0.6) is 0 Å². The third kappa shape index (κ3) is 6.59. The van der Waals surface area contributed by atoms with Crippen molar-refractivity contribution in [3.05, 3.63) is 28.2 Å². The molecule has 0 radical (unpaired) electrons. The highest BCUT2D eigenvalue weighted by atomic mass is 79.9. The number of nitrogens with two attached hydrogens (primary N) is 1. The number of hydrogen-bond acceptors (Lipinski definition) is 3. The summed E-state index contributed by atoms with van der Waals surface area (Å²) >= 11 is 3.32. The van der Waals surface area contributed by atoms with Gasteiger partial charge in [0, 0.05) is 35.5 Å². The van der Waals surface area contributed by atoms with Gasteiger partial charge in [0.05, 0.1) is 0 Å². The fraction of sp³-hybridized carbons (Fsp3) is 0.500. The molecule has 0 fully saturated rings. The van der Waals surface area contributed by atoms with Crippen LogP contribution in [-0.4, -0.2) is 25.7 Å². The van der Waals surface area contributed by atoms with E-state index in [4.69, 9.17) is 10.5 Å². The lowest BCUT2D eigenvalue weighted by molar-refractivity contribution is 0.0925. The summed E-state index contributed by atoms with van der Waals surface area (Å²) in [6.07, 6.45) is 0.807. The molecule has 0 atom stereocenters. The van der Waals surface area contributed by atoms with Crippen molar-refractivity contribution in [3.8, 4) is 0 Å². The van der Waals surface area contributed by atoms with Gasteiger partial charge in [-0.05, 0) is 30.5 Å². The lowest BCUT2D eigenvalue weighted by Gasteiger charge is -2.08. The van der Waals surface area contributed by atoms with Crippen LogP contribution in [-0.2, 0) is 4.74 Å². The first-order chi connectivity index (χ1) is 8.99. The molecule has 0 unspecified atom stereocenters. The fourth-order valence-electron chi connectivity index (χ4n) is 1.54. The summed E-state index contributed by atoms with van der Waals surface area (Å²) in [5.41, 5.74) is 6.82. The van der Waals surface area contributed by atoms with Crippen LogP contribution in [0.2, 0.25) is 0 Å². The van der Waals surface area contributed by atoms with Crippen LogP contribution in [0.3, 0.4) is 0 Å². The standard InChI is InChI=1S/C14H21BrN2O2/c1-10(2)9-19-5-3-4-17-14(18)11-6-12(15)8-13(16)7-11/h6-8,10H,3-5,9,16H2,1-2H3,(H,17,18). The fourth-order valence-corrected chi connectivity index (χ4v) is 2.05. The van der Waals surface area contributed by atoms with Crippen molar-refractivity contribution in [1.82, 2.24) is 5.32 Å². The van der Waals surface area contributed by atoms with Crippen molar-refractivity contribution >= 4 is 27.5 Å². The molecule has 0 saturated carbocycles. The van der Waals surface area contributed by atoms with Crippen LogP contribution < -0.4 is 11.1 Å². The first kappa shape index (κ1) is 16.0. The minimum Gasteiger partial charge on any atom is -0.399 e. The third-order valence-electron chi connectivity index (χ3n) is 2.38. The monoisotopic (exact) mass is 328 g/mol. The van der Waals surface area contributed by atoms with Crippen LogP contribution in [0.4, 0.5) is 5.69 Å². The van der Waals surface area contributed by atoms with E-state index < -0.39 is 0 Å². The molecule has 5 heteroatoms. The van der Waals surface area contributed by atoms with Crippen LogP contribution in [0, 0.1) is 5.92 Å². The second-order valence-electron chi connectivity index (χ2n) is 4.85. The van der Waals surface area contributed by atoms with Gasteiger partial charge < -0.3 is 15.8 Å². The molecular formula is C14H21BrN2O2. The number of amides is 1. The van der Waals surface area contributed by atoms with Gasteiger partial charge in [0.25, 0.3) is 5.91 Å². The smallest absolute Gasteiger partial charge is 0.251 e. The number of nitrogen functional groups attached to an aromatic ring is 1. The van der Waals surface area contributed by atoms with Gasteiger partial charge in [0.15, 0.2) is 0 Å². The molecule has 106 valence electrons. The minimum absolute atomic E-state index is 0.114. The van der Waals surface area contributed by atoms with Gasteiger partial charge in [-0.1, -0.05) is 29.8 Å². The quantitative estimate of drug-likeness (QED) is 0.597. The molecule has 1 amide bonds. The van der Waals surface area contributed by atoms with E-state index in [1.807, 2.05) is 0 Å². The second-order valence-corrected chi connectivity index (χ2v) is 5.77. The van der Waals surface area contributed by atoms with Crippen molar-refractivity contribution in [2.24, 2.45) is 5.92 Å². The van der Waals surface area contributed by atoms with E-state index in [2.05, 4.69) is 35.1 Å². The van der Waals surface area contributed by atoms with Crippen molar-refractivity contribution in [3.63, 3.8) is 0 Å². The Morgan fingerprint density at radius 3 is 2.79 bits per heavy atom. The highest BCUT2D eigenvalue weighted by molar-refractivity contribution is 9.10. The summed E-state index contributed by atoms with van der Waals surface area (Å²) in [5, 5.41) is 2.85. The number of carbonyl (C=O) groups is 1. The zero-order chi connectivity index (χ0) is 14.3. The summed E-state index contributed by atoms with van der Waals surface area (Å²) in [6.45, 7) is 6.25. The molecule has 0 saturated heterocycles. The Labute approximate surface area is 122 Å². The zero-order valence-electron chi connectivity index (χ0n) is 11.4. The number of nitrogens with one attached hydrogen (secondary N) is 1. The van der Waals surface area contributed by atoms with Crippen LogP contribution in [0.1, 0.15) is 30.6 Å². The molecule has 1 rings (SSSR count). The Hall–Kier alpha value is -1.07. The van der Waals surface area contributed by atoms with Crippen LogP contribution >= 0.6 is 15.9 Å². The third-order valence-corrected chi connectivity index (χ3v) is 2.84. The number of rotatable bonds is 7. The van der Waals surface area contributed by atoms with Crippen LogP contribution in [0.25, 0.3) is 0 Å².